The summed E-state index contributed by atoms with van der Waals surface area (Å²) in [5, 5.41) is 13.6. The molecule has 0 aliphatic heterocycles. The number of carbonyl (C=O) groups excluding carboxylic acids is 2. The third-order valence-corrected chi connectivity index (χ3v) is 3.95. The number of amides is 2. The smallest absolute Gasteiger partial charge is 0.277 e. The molecule has 0 fully saturated rings. The highest BCUT2D eigenvalue weighted by atomic mass is 32.2. The number of anilines is 2. The lowest BCUT2D eigenvalue weighted by Gasteiger charge is -2.06. The van der Waals surface area contributed by atoms with Gasteiger partial charge >= 0.3 is 0 Å². The minimum atomic E-state index is -0.205. The van der Waals surface area contributed by atoms with Gasteiger partial charge in [0.05, 0.1) is 11.3 Å². The zero-order valence-corrected chi connectivity index (χ0v) is 14.6. The van der Waals surface area contributed by atoms with Crippen LogP contribution >= 0.6 is 11.8 Å². The normalized spacial score (nSPS) is 10.3. The Morgan fingerprint density at radius 2 is 1.81 bits per heavy atom. The third kappa shape index (κ3) is 4.90. The van der Waals surface area contributed by atoms with Crippen molar-refractivity contribution in [3.05, 3.63) is 48.8 Å². The summed E-state index contributed by atoms with van der Waals surface area (Å²) in [5.41, 5.74) is 2.01. The minimum Gasteiger partial charge on any atom is -0.411 e. The van der Waals surface area contributed by atoms with Crippen molar-refractivity contribution in [3.63, 3.8) is 0 Å². The number of nitrogens with one attached hydrogen (secondary N) is 2. The lowest BCUT2D eigenvalue weighted by Crippen LogP contribution is -2.14. The molecule has 26 heavy (non-hydrogen) atoms. The summed E-state index contributed by atoms with van der Waals surface area (Å²) in [4.78, 5) is 27.0. The summed E-state index contributed by atoms with van der Waals surface area (Å²) in [5.74, 6) is 0.128. The molecule has 2 heterocycles. The highest BCUT2D eigenvalue weighted by Gasteiger charge is 2.11. The van der Waals surface area contributed by atoms with Crippen LogP contribution in [0.15, 0.2) is 58.4 Å². The SMILES string of the molecule is CC(=O)Nc1ccc(NC(=O)CSc2nnc(-c3cccnc3)o2)cc1. The van der Waals surface area contributed by atoms with E-state index >= 15 is 0 Å². The van der Waals surface area contributed by atoms with E-state index in [1.165, 1.54) is 6.92 Å². The molecule has 1 aromatic carbocycles. The van der Waals surface area contributed by atoms with Crippen molar-refractivity contribution in [2.75, 3.05) is 16.4 Å². The van der Waals surface area contributed by atoms with Crippen molar-refractivity contribution in [2.45, 2.75) is 12.1 Å². The van der Waals surface area contributed by atoms with E-state index in [9.17, 15) is 9.59 Å². The molecular formula is C17H15N5O3S. The zero-order valence-electron chi connectivity index (χ0n) is 13.8. The second-order valence-electron chi connectivity index (χ2n) is 5.21. The zero-order chi connectivity index (χ0) is 18.4. The van der Waals surface area contributed by atoms with E-state index in [4.69, 9.17) is 4.42 Å². The second kappa shape index (κ2) is 8.26. The Kier molecular flexibility index (Phi) is 5.59. The number of pyridine rings is 1. The van der Waals surface area contributed by atoms with Crippen LogP contribution < -0.4 is 10.6 Å². The molecule has 132 valence electrons. The number of aromatic nitrogens is 3. The van der Waals surface area contributed by atoms with E-state index in [0.717, 1.165) is 17.3 Å². The summed E-state index contributed by atoms with van der Waals surface area (Å²) in [6.07, 6.45) is 3.28. The van der Waals surface area contributed by atoms with Crippen molar-refractivity contribution < 1.29 is 14.0 Å². The summed E-state index contributed by atoms with van der Waals surface area (Å²) in [6.45, 7) is 1.43. The number of benzene rings is 1. The predicted molar refractivity (Wildman–Crippen MR) is 97.6 cm³/mol. The molecule has 2 N–H and O–H groups in total. The molecular weight excluding hydrogens is 354 g/mol. The van der Waals surface area contributed by atoms with Gasteiger partial charge in [-0.1, -0.05) is 11.8 Å². The Balaban J connectivity index is 1.51. The topological polar surface area (TPSA) is 110 Å². The highest BCUT2D eigenvalue weighted by Crippen LogP contribution is 2.22. The maximum atomic E-state index is 12.0. The molecule has 0 atom stereocenters. The van der Waals surface area contributed by atoms with Crippen LogP contribution in [-0.2, 0) is 9.59 Å². The summed E-state index contributed by atoms with van der Waals surface area (Å²) >= 11 is 1.15. The Bertz CT molecular complexity index is 896. The number of hydrogen-bond acceptors (Lipinski definition) is 7. The van der Waals surface area contributed by atoms with Gasteiger partial charge in [-0.15, -0.1) is 10.2 Å². The van der Waals surface area contributed by atoms with Crippen molar-refractivity contribution in [2.24, 2.45) is 0 Å². The van der Waals surface area contributed by atoms with Crippen LogP contribution in [-0.4, -0.2) is 32.7 Å². The van der Waals surface area contributed by atoms with Crippen molar-refractivity contribution >= 4 is 35.0 Å². The lowest BCUT2D eigenvalue weighted by atomic mass is 10.3. The number of carbonyl (C=O) groups is 2. The molecule has 0 aliphatic rings. The van der Waals surface area contributed by atoms with E-state index in [1.54, 1.807) is 42.7 Å². The first kappa shape index (κ1) is 17.6. The van der Waals surface area contributed by atoms with Gasteiger partial charge in [0.2, 0.25) is 17.7 Å². The summed E-state index contributed by atoms with van der Waals surface area (Å²) in [7, 11) is 0. The van der Waals surface area contributed by atoms with Gasteiger partial charge < -0.3 is 15.1 Å². The average molecular weight is 369 g/mol. The maximum absolute atomic E-state index is 12.0. The van der Waals surface area contributed by atoms with E-state index < -0.39 is 0 Å². The molecule has 8 nitrogen and oxygen atoms in total. The van der Waals surface area contributed by atoms with Gasteiger partial charge in [0.25, 0.3) is 5.22 Å². The molecule has 0 bridgehead atoms. The first-order valence-corrected chi connectivity index (χ1v) is 8.63. The molecule has 0 saturated carbocycles. The Morgan fingerprint density at radius 3 is 2.46 bits per heavy atom. The Labute approximate surface area is 153 Å². The van der Waals surface area contributed by atoms with Crippen molar-refractivity contribution in [1.29, 1.82) is 0 Å². The van der Waals surface area contributed by atoms with Crippen LogP contribution in [0.4, 0.5) is 11.4 Å². The van der Waals surface area contributed by atoms with Crippen LogP contribution in [0, 0.1) is 0 Å². The standard InChI is InChI=1S/C17H15N5O3S/c1-11(23)19-13-4-6-14(7-5-13)20-15(24)10-26-17-22-21-16(25-17)12-3-2-8-18-9-12/h2-9H,10H2,1H3,(H,19,23)(H,20,24). The number of rotatable bonds is 6. The van der Waals surface area contributed by atoms with Gasteiger partial charge in [-0.05, 0) is 36.4 Å². The van der Waals surface area contributed by atoms with Gasteiger partial charge in [-0.2, -0.15) is 0 Å². The second-order valence-corrected chi connectivity index (χ2v) is 6.14. The molecule has 0 unspecified atom stereocenters. The van der Waals surface area contributed by atoms with Gasteiger partial charge in [0.15, 0.2) is 0 Å². The largest absolute Gasteiger partial charge is 0.411 e. The average Bonchev–Trinajstić information content (AvgIpc) is 3.11. The van der Waals surface area contributed by atoms with E-state index in [2.05, 4.69) is 25.8 Å². The number of thioether (sulfide) groups is 1. The summed E-state index contributed by atoms with van der Waals surface area (Å²) in [6, 6.07) is 10.4. The Hall–Kier alpha value is -3.20. The lowest BCUT2D eigenvalue weighted by molar-refractivity contribution is -0.114. The molecule has 0 saturated heterocycles. The van der Waals surface area contributed by atoms with Crippen LogP contribution in [0.1, 0.15) is 6.92 Å². The Morgan fingerprint density at radius 1 is 1.08 bits per heavy atom. The quantitative estimate of drug-likeness (QED) is 0.643. The molecule has 2 aromatic heterocycles. The first-order chi connectivity index (χ1) is 12.6. The van der Waals surface area contributed by atoms with Crippen LogP contribution in [0.2, 0.25) is 0 Å². The fourth-order valence-electron chi connectivity index (χ4n) is 2.04. The van der Waals surface area contributed by atoms with E-state index in [-0.39, 0.29) is 17.6 Å². The summed E-state index contributed by atoms with van der Waals surface area (Å²) < 4.78 is 5.50. The molecule has 0 radical (unpaired) electrons. The van der Waals surface area contributed by atoms with Crippen LogP contribution in [0.3, 0.4) is 0 Å². The molecule has 9 heteroatoms. The fraction of sp³-hybridized carbons (Fsp3) is 0.118. The van der Waals surface area contributed by atoms with Crippen molar-refractivity contribution in [3.8, 4) is 11.5 Å². The van der Waals surface area contributed by atoms with Crippen LogP contribution in [0.5, 0.6) is 0 Å². The third-order valence-electron chi connectivity index (χ3n) is 3.13. The maximum Gasteiger partial charge on any atom is 0.277 e. The fourth-order valence-corrected chi connectivity index (χ4v) is 2.60. The molecule has 3 aromatic rings. The van der Waals surface area contributed by atoms with E-state index in [0.29, 0.717) is 22.5 Å². The molecule has 3 rings (SSSR count). The van der Waals surface area contributed by atoms with Gasteiger partial charge in [-0.3, -0.25) is 14.6 Å². The van der Waals surface area contributed by atoms with Crippen LogP contribution in [0.25, 0.3) is 11.5 Å². The van der Waals surface area contributed by atoms with Crippen molar-refractivity contribution in [1.82, 2.24) is 15.2 Å². The number of nitrogens with zero attached hydrogens (tertiary/aromatic N) is 3. The van der Waals surface area contributed by atoms with E-state index in [1.807, 2.05) is 6.07 Å². The predicted octanol–water partition coefficient (Wildman–Crippen LogP) is 2.82. The molecule has 0 aliphatic carbocycles. The molecule has 2 amide bonds. The van der Waals surface area contributed by atoms with Gasteiger partial charge in [-0.25, -0.2) is 0 Å². The number of hydrogen-bond donors (Lipinski definition) is 2. The highest BCUT2D eigenvalue weighted by molar-refractivity contribution is 7.99. The minimum absolute atomic E-state index is 0.127. The van der Waals surface area contributed by atoms with Gasteiger partial charge in [0.1, 0.15) is 0 Å². The molecule has 0 spiro atoms. The monoisotopic (exact) mass is 369 g/mol. The van der Waals surface area contributed by atoms with Gasteiger partial charge in [0, 0.05) is 30.7 Å². The first-order valence-electron chi connectivity index (χ1n) is 7.64.